The number of nitrogen functional groups attached to an aromatic ring is 1. The molecule has 1 heterocycles. The van der Waals surface area contributed by atoms with E-state index in [1.165, 1.54) is 19.4 Å². The van der Waals surface area contributed by atoms with Crippen molar-refractivity contribution in [3.05, 3.63) is 94.9 Å². The molecule has 176 valence electrons. The maximum absolute atomic E-state index is 14.6. The van der Waals surface area contributed by atoms with Crippen molar-refractivity contribution in [3.63, 3.8) is 0 Å². The van der Waals surface area contributed by atoms with E-state index >= 15 is 0 Å². The van der Waals surface area contributed by atoms with Crippen molar-refractivity contribution in [1.29, 1.82) is 0 Å². The predicted molar refractivity (Wildman–Crippen MR) is 135 cm³/mol. The summed E-state index contributed by atoms with van der Waals surface area (Å²) >= 11 is 0. The van der Waals surface area contributed by atoms with Gasteiger partial charge in [-0.1, -0.05) is 30.3 Å². The Labute approximate surface area is 202 Å². The molecule has 0 atom stereocenters. The maximum Gasteiger partial charge on any atom is 0.257 e. The molecule has 0 radical (unpaired) electrons. The van der Waals surface area contributed by atoms with E-state index in [4.69, 9.17) is 10.5 Å². The predicted octanol–water partition coefficient (Wildman–Crippen LogP) is 5.83. The lowest BCUT2D eigenvalue weighted by Crippen LogP contribution is -2.13. The summed E-state index contributed by atoms with van der Waals surface area (Å²) in [6.07, 6.45) is 1.88. The Morgan fingerprint density at radius 3 is 2.34 bits per heavy atom. The van der Waals surface area contributed by atoms with Crippen molar-refractivity contribution in [1.82, 2.24) is 4.98 Å². The van der Waals surface area contributed by atoms with Crippen LogP contribution < -0.4 is 15.8 Å². The molecule has 1 amide bonds. The number of carbonyl (C=O) groups is 2. The minimum Gasteiger partial charge on any atom is -0.496 e. The second kappa shape index (κ2) is 9.77. The topological polar surface area (TPSA) is 94.3 Å². The lowest BCUT2D eigenvalue weighted by atomic mass is 9.90. The first-order chi connectivity index (χ1) is 16.8. The number of rotatable bonds is 6. The molecular formula is C28H24FN3O3. The fourth-order valence-electron chi connectivity index (χ4n) is 4.07. The van der Waals surface area contributed by atoms with Crippen molar-refractivity contribution >= 4 is 23.7 Å². The highest BCUT2D eigenvalue weighted by molar-refractivity contribution is 6.05. The first-order valence-corrected chi connectivity index (χ1v) is 10.9. The Morgan fingerprint density at radius 2 is 1.69 bits per heavy atom. The van der Waals surface area contributed by atoms with E-state index in [0.29, 0.717) is 28.9 Å². The fraction of sp³-hybridized carbons (Fsp3) is 0.107. The van der Waals surface area contributed by atoms with Gasteiger partial charge < -0.3 is 15.8 Å². The van der Waals surface area contributed by atoms with Crippen molar-refractivity contribution in [3.8, 4) is 28.0 Å². The minimum absolute atomic E-state index is 0.111. The number of aldehydes is 1. The highest BCUT2D eigenvalue weighted by Crippen LogP contribution is 2.37. The van der Waals surface area contributed by atoms with Crippen molar-refractivity contribution in [2.45, 2.75) is 13.8 Å². The molecule has 3 N–H and O–H groups in total. The van der Waals surface area contributed by atoms with E-state index in [9.17, 15) is 14.0 Å². The first kappa shape index (κ1) is 23.6. The van der Waals surface area contributed by atoms with E-state index in [1.807, 2.05) is 50.2 Å². The molecule has 7 heteroatoms. The normalized spacial score (nSPS) is 10.6. The molecule has 1 aromatic heterocycles. The molecule has 0 aliphatic rings. The number of benzene rings is 3. The van der Waals surface area contributed by atoms with Crippen LogP contribution >= 0.6 is 0 Å². The van der Waals surface area contributed by atoms with Gasteiger partial charge in [-0.25, -0.2) is 9.37 Å². The van der Waals surface area contributed by atoms with Crippen LogP contribution in [-0.2, 0) is 0 Å². The highest BCUT2D eigenvalue weighted by Gasteiger charge is 2.17. The van der Waals surface area contributed by atoms with Gasteiger partial charge in [0.25, 0.3) is 5.91 Å². The van der Waals surface area contributed by atoms with Crippen molar-refractivity contribution < 1.29 is 18.7 Å². The lowest BCUT2D eigenvalue weighted by molar-refractivity contribution is 0.102. The van der Waals surface area contributed by atoms with Crippen LogP contribution in [0.3, 0.4) is 0 Å². The molecule has 0 fully saturated rings. The summed E-state index contributed by atoms with van der Waals surface area (Å²) in [5, 5.41) is 2.94. The highest BCUT2D eigenvalue weighted by atomic mass is 19.1. The van der Waals surface area contributed by atoms with E-state index in [2.05, 4.69) is 10.3 Å². The third-order valence-electron chi connectivity index (χ3n) is 5.99. The molecule has 4 aromatic rings. The zero-order chi connectivity index (χ0) is 25.1. The van der Waals surface area contributed by atoms with E-state index in [1.54, 1.807) is 18.2 Å². The van der Waals surface area contributed by atoms with Gasteiger partial charge in [-0.05, 0) is 77.6 Å². The smallest absolute Gasteiger partial charge is 0.257 e. The lowest BCUT2D eigenvalue weighted by Gasteiger charge is -2.17. The zero-order valence-electron chi connectivity index (χ0n) is 19.6. The first-order valence-electron chi connectivity index (χ1n) is 10.9. The number of nitrogens with two attached hydrogens (primary N) is 1. The molecular weight excluding hydrogens is 445 g/mol. The maximum atomic E-state index is 14.6. The average Bonchev–Trinajstić information content (AvgIpc) is 2.85. The van der Waals surface area contributed by atoms with Crippen LogP contribution in [0.4, 0.5) is 15.9 Å². The van der Waals surface area contributed by atoms with Crippen molar-refractivity contribution in [2.24, 2.45) is 0 Å². The number of carbonyl (C=O) groups excluding carboxylic acids is 2. The number of aromatic nitrogens is 1. The van der Waals surface area contributed by atoms with Gasteiger partial charge in [-0.3, -0.25) is 9.59 Å². The Morgan fingerprint density at radius 1 is 1.00 bits per heavy atom. The number of anilines is 2. The number of hydrogen-bond donors (Lipinski definition) is 2. The van der Waals surface area contributed by atoms with Crippen LogP contribution in [0.1, 0.15) is 31.8 Å². The monoisotopic (exact) mass is 469 g/mol. The molecule has 35 heavy (non-hydrogen) atoms. The molecule has 4 rings (SSSR count). The Hall–Kier alpha value is -4.52. The Kier molecular flexibility index (Phi) is 6.59. The Bertz CT molecular complexity index is 1430. The third-order valence-corrected chi connectivity index (χ3v) is 5.99. The quantitative estimate of drug-likeness (QED) is 0.347. The molecule has 0 spiro atoms. The van der Waals surface area contributed by atoms with Gasteiger partial charge in [0.15, 0.2) is 6.29 Å². The number of pyridine rings is 1. The van der Waals surface area contributed by atoms with Gasteiger partial charge in [0, 0.05) is 11.9 Å². The van der Waals surface area contributed by atoms with Gasteiger partial charge in [0.2, 0.25) is 0 Å². The van der Waals surface area contributed by atoms with Gasteiger partial charge in [0.1, 0.15) is 17.4 Å². The third kappa shape index (κ3) is 4.61. The standard InChI is InChI=1S/C28H24FN3O3/c1-16-20(19-12-24(29)23(15-33)26(13-19)35-3)6-4-7-21(16)22-8-5-9-25(17(22)2)32-28(34)18-10-11-27(30)31-14-18/h4-15H,1-3H3,(H2,30,31)(H,32,34). The summed E-state index contributed by atoms with van der Waals surface area (Å²) in [6, 6.07) is 17.6. The number of hydrogen-bond acceptors (Lipinski definition) is 5. The summed E-state index contributed by atoms with van der Waals surface area (Å²) in [7, 11) is 1.40. The van der Waals surface area contributed by atoms with Crippen LogP contribution in [-0.4, -0.2) is 24.3 Å². The van der Waals surface area contributed by atoms with Crippen molar-refractivity contribution in [2.75, 3.05) is 18.2 Å². The van der Waals surface area contributed by atoms with Crippen LogP contribution in [0.15, 0.2) is 66.9 Å². The number of methoxy groups -OCH3 is 1. The minimum atomic E-state index is -0.641. The number of halogens is 1. The number of ether oxygens (including phenoxy) is 1. The molecule has 6 nitrogen and oxygen atoms in total. The molecule has 0 bridgehead atoms. The largest absolute Gasteiger partial charge is 0.496 e. The second-order valence-electron chi connectivity index (χ2n) is 8.07. The fourth-order valence-corrected chi connectivity index (χ4v) is 4.07. The van der Waals surface area contributed by atoms with Crippen LogP contribution in [0.25, 0.3) is 22.3 Å². The molecule has 0 aliphatic heterocycles. The number of nitrogens with zero attached hydrogens (tertiary/aromatic N) is 1. The zero-order valence-corrected chi connectivity index (χ0v) is 19.6. The van der Waals surface area contributed by atoms with Crippen LogP contribution in [0.2, 0.25) is 0 Å². The van der Waals surface area contributed by atoms with E-state index in [-0.39, 0.29) is 17.2 Å². The SMILES string of the molecule is COc1cc(-c2cccc(-c3cccc(NC(=O)c4ccc(N)nc4)c3C)c2C)cc(F)c1C=O. The van der Waals surface area contributed by atoms with Gasteiger partial charge >= 0.3 is 0 Å². The molecule has 0 unspecified atom stereocenters. The van der Waals surface area contributed by atoms with Gasteiger partial charge in [-0.2, -0.15) is 0 Å². The van der Waals surface area contributed by atoms with E-state index in [0.717, 1.165) is 27.8 Å². The number of amides is 1. The van der Waals surface area contributed by atoms with Gasteiger partial charge in [-0.15, -0.1) is 0 Å². The second-order valence-corrected chi connectivity index (χ2v) is 8.07. The Balaban J connectivity index is 1.74. The molecule has 0 aliphatic carbocycles. The summed E-state index contributed by atoms with van der Waals surface area (Å²) in [4.78, 5) is 27.9. The summed E-state index contributed by atoms with van der Waals surface area (Å²) in [5.74, 6) is -0.413. The molecule has 3 aromatic carbocycles. The molecule has 0 saturated carbocycles. The van der Waals surface area contributed by atoms with Crippen LogP contribution in [0, 0.1) is 19.7 Å². The summed E-state index contributed by atoms with van der Waals surface area (Å²) < 4.78 is 19.8. The van der Waals surface area contributed by atoms with E-state index < -0.39 is 5.82 Å². The average molecular weight is 470 g/mol. The molecule has 0 saturated heterocycles. The van der Waals surface area contributed by atoms with Gasteiger partial charge in [0.05, 0.1) is 18.2 Å². The summed E-state index contributed by atoms with van der Waals surface area (Å²) in [5.41, 5.74) is 11.6. The number of nitrogens with one attached hydrogen (secondary N) is 1. The summed E-state index contributed by atoms with van der Waals surface area (Å²) in [6.45, 7) is 3.88. The van der Waals surface area contributed by atoms with Crippen LogP contribution in [0.5, 0.6) is 5.75 Å².